The molecule has 0 aliphatic carbocycles. The van der Waals surface area contributed by atoms with Crippen LogP contribution in [0.5, 0.6) is 0 Å². The lowest BCUT2D eigenvalue weighted by atomic mass is 10.3. The summed E-state index contributed by atoms with van der Waals surface area (Å²) in [5.74, 6) is 1.27. The van der Waals surface area contributed by atoms with Gasteiger partial charge in [0, 0.05) is 18.8 Å². The summed E-state index contributed by atoms with van der Waals surface area (Å²) >= 11 is 5.90. The van der Waals surface area contributed by atoms with Crippen LogP contribution in [0, 0.1) is 0 Å². The van der Waals surface area contributed by atoms with Gasteiger partial charge in [0.15, 0.2) is 5.82 Å². The van der Waals surface area contributed by atoms with Gasteiger partial charge in [-0.2, -0.15) is 0 Å². The lowest BCUT2D eigenvalue weighted by Crippen LogP contribution is -2.13. The third kappa shape index (κ3) is 1.86. The number of hydrogen-bond acceptors (Lipinski definition) is 3. The predicted octanol–water partition coefficient (Wildman–Crippen LogP) is 1.56. The smallest absolute Gasteiger partial charge is 0.271 e. The highest BCUT2D eigenvalue weighted by Crippen LogP contribution is 2.15. The van der Waals surface area contributed by atoms with E-state index < -0.39 is 0 Å². The van der Waals surface area contributed by atoms with Gasteiger partial charge in [-0.3, -0.25) is 9.36 Å². The van der Waals surface area contributed by atoms with Crippen molar-refractivity contribution in [1.82, 2.24) is 19.5 Å². The van der Waals surface area contributed by atoms with Gasteiger partial charge < -0.3 is 4.98 Å². The average Bonchev–Trinajstić information content (AvgIpc) is 2.71. The minimum atomic E-state index is -0.345. The summed E-state index contributed by atoms with van der Waals surface area (Å²) in [7, 11) is 0. The van der Waals surface area contributed by atoms with Gasteiger partial charge in [-0.25, -0.2) is 9.97 Å². The topological polar surface area (TPSA) is 63.6 Å². The molecule has 0 saturated carbocycles. The van der Waals surface area contributed by atoms with Crippen LogP contribution in [0.1, 0.15) is 19.2 Å². The fraction of sp³-hybridized carbons (Fsp3) is 0.300. The van der Waals surface area contributed by atoms with E-state index in [2.05, 4.69) is 21.9 Å². The molecule has 1 N–H and O–H groups in total. The second-order valence-corrected chi connectivity index (χ2v) is 3.71. The highest BCUT2D eigenvalue weighted by Gasteiger charge is 2.11. The second kappa shape index (κ2) is 4.49. The van der Waals surface area contributed by atoms with Crippen molar-refractivity contribution in [3.63, 3.8) is 0 Å². The zero-order valence-corrected chi connectivity index (χ0v) is 9.53. The largest absolute Gasteiger partial charge is 0.312 e. The predicted molar refractivity (Wildman–Crippen MR) is 61.0 cm³/mol. The van der Waals surface area contributed by atoms with Crippen molar-refractivity contribution in [2.24, 2.45) is 0 Å². The molecule has 0 bridgehead atoms. The maximum Gasteiger partial charge on any atom is 0.271 e. The molecule has 0 aromatic carbocycles. The van der Waals surface area contributed by atoms with Crippen LogP contribution < -0.4 is 5.56 Å². The summed E-state index contributed by atoms with van der Waals surface area (Å²) in [5, 5.41) is 0.0813. The van der Waals surface area contributed by atoms with E-state index in [4.69, 9.17) is 11.6 Å². The quantitative estimate of drug-likeness (QED) is 0.883. The van der Waals surface area contributed by atoms with E-state index in [9.17, 15) is 4.79 Å². The van der Waals surface area contributed by atoms with Crippen molar-refractivity contribution < 1.29 is 0 Å². The molecule has 0 unspecified atom stereocenters. The Labute approximate surface area is 97.1 Å². The minimum absolute atomic E-state index is 0.0813. The van der Waals surface area contributed by atoms with Gasteiger partial charge in [0.1, 0.15) is 10.8 Å². The first-order chi connectivity index (χ1) is 7.74. The van der Waals surface area contributed by atoms with Crippen molar-refractivity contribution >= 4 is 11.6 Å². The molecule has 0 atom stereocenters. The molecule has 2 aromatic heterocycles. The van der Waals surface area contributed by atoms with Crippen LogP contribution in [-0.2, 0) is 6.42 Å². The summed E-state index contributed by atoms with van der Waals surface area (Å²) in [6, 6.07) is 0. The molecule has 0 aliphatic rings. The number of aromatic amines is 1. The zero-order valence-electron chi connectivity index (χ0n) is 8.77. The molecule has 0 radical (unpaired) electrons. The molecular formula is C10H11ClN4O. The van der Waals surface area contributed by atoms with Crippen LogP contribution in [-0.4, -0.2) is 19.5 Å². The van der Waals surface area contributed by atoms with Gasteiger partial charge in [0.2, 0.25) is 0 Å². The Kier molecular flexibility index (Phi) is 3.05. The Hall–Kier alpha value is -1.62. The van der Waals surface area contributed by atoms with Gasteiger partial charge in [-0.1, -0.05) is 18.5 Å². The van der Waals surface area contributed by atoms with Crippen LogP contribution in [0.4, 0.5) is 0 Å². The van der Waals surface area contributed by atoms with E-state index >= 15 is 0 Å². The van der Waals surface area contributed by atoms with Gasteiger partial charge in [0.25, 0.3) is 5.56 Å². The minimum Gasteiger partial charge on any atom is -0.312 e. The van der Waals surface area contributed by atoms with Gasteiger partial charge >= 0.3 is 0 Å². The number of aryl methyl sites for hydroxylation is 1. The SMILES string of the molecule is CCCc1nccn1-c1nc[nH]c(=O)c1Cl. The number of halogens is 1. The molecule has 0 spiro atoms. The normalized spacial score (nSPS) is 10.6. The third-order valence-corrected chi connectivity index (χ3v) is 2.54. The van der Waals surface area contributed by atoms with Crippen molar-refractivity contribution in [2.45, 2.75) is 19.8 Å². The molecule has 2 rings (SSSR count). The van der Waals surface area contributed by atoms with Crippen molar-refractivity contribution in [3.05, 3.63) is 39.9 Å². The van der Waals surface area contributed by atoms with Crippen molar-refractivity contribution in [2.75, 3.05) is 0 Å². The lowest BCUT2D eigenvalue weighted by molar-refractivity contribution is 0.794. The fourth-order valence-corrected chi connectivity index (χ4v) is 1.67. The molecule has 16 heavy (non-hydrogen) atoms. The zero-order chi connectivity index (χ0) is 11.5. The number of nitrogens with one attached hydrogen (secondary N) is 1. The van der Waals surface area contributed by atoms with E-state index in [1.807, 2.05) is 0 Å². The first kappa shape index (κ1) is 10.9. The molecule has 6 heteroatoms. The van der Waals surface area contributed by atoms with Gasteiger partial charge in [-0.15, -0.1) is 0 Å². The van der Waals surface area contributed by atoms with Crippen LogP contribution in [0.25, 0.3) is 5.82 Å². The summed E-state index contributed by atoms with van der Waals surface area (Å²) in [6.07, 6.45) is 6.54. The highest BCUT2D eigenvalue weighted by molar-refractivity contribution is 6.31. The van der Waals surface area contributed by atoms with Crippen LogP contribution in [0.2, 0.25) is 5.02 Å². The highest BCUT2D eigenvalue weighted by atomic mass is 35.5. The number of hydrogen-bond donors (Lipinski definition) is 1. The van der Waals surface area contributed by atoms with Crippen LogP contribution in [0.15, 0.2) is 23.5 Å². The van der Waals surface area contributed by atoms with E-state index in [0.29, 0.717) is 5.82 Å². The number of H-pyrrole nitrogens is 1. The molecule has 5 nitrogen and oxygen atoms in total. The average molecular weight is 239 g/mol. The van der Waals surface area contributed by atoms with Crippen molar-refractivity contribution in [1.29, 1.82) is 0 Å². The summed E-state index contributed by atoms with van der Waals surface area (Å²) in [5.41, 5.74) is -0.345. The monoisotopic (exact) mass is 238 g/mol. The standard InChI is InChI=1S/C10H11ClN4O/c1-2-3-7-12-4-5-15(7)9-8(11)10(16)14-6-13-9/h4-6H,2-3H2,1H3,(H,13,14,16). The molecular weight excluding hydrogens is 228 g/mol. The molecule has 2 heterocycles. The second-order valence-electron chi connectivity index (χ2n) is 3.33. The summed E-state index contributed by atoms with van der Waals surface area (Å²) in [6.45, 7) is 2.06. The molecule has 0 fully saturated rings. The molecule has 0 aliphatic heterocycles. The Morgan fingerprint density at radius 1 is 1.50 bits per heavy atom. The van der Waals surface area contributed by atoms with E-state index in [-0.39, 0.29) is 10.6 Å². The Balaban J connectivity index is 2.54. The summed E-state index contributed by atoms with van der Waals surface area (Å²) in [4.78, 5) is 22.0. The lowest BCUT2D eigenvalue weighted by Gasteiger charge is -2.06. The maximum absolute atomic E-state index is 11.3. The van der Waals surface area contributed by atoms with Crippen LogP contribution in [0.3, 0.4) is 0 Å². The number of aromatic nitrogens is 4. The summed E-state index contributed by atoms with van der Waals surface area (Å²) < 4.78 is 1.74. The van der Waals surface area contributed by atoms with E-state index in [1.165, 1.54) is 6.33 Å². The molecule has 0 amide bonds. The third-order valence-electron chi connectivity index (χ3n) is 2.20. The van der Waals surface area contributed by atoms with Crippen molar-refractivity contribution in [3.8, 4) is 5.82 Å². The molecule has 84 valence electrons. The fourth-order valence-electron chi connectivity index (χ4n) is 1.48. The molecule has 0 saturated heterocycles. The number of rotatable bonds is 3. The van der Waals surface area contributed by atoms with E-state index in [1.54, 1.807) is 17.0 Å². The Morgan fingerprint density at radius 3 is 3.06 bits per heavy atom. The van der Waals surface area contributed by atoms with Gasteiger partial charge in [0.05, 0.1) is 6.33 Å². The number of nitrogens with zero attached hydrogens (tertiary/aromatic N) is 3. The van der Waals surface area contributed by atoms with Crippen LogP contribution >= 0.6 is 11.6 Å². The van der Waals surface area contributed by atoms with E-state index in [0.717, 1.165) is 18.7 Å². The first-order valence-electron chi connectivity index (χ1n) is 4.99. The van der Waals surface area contributed by atoms with Gasteiger partial charge in [-0.05, 0) is 6.42 Å². The molecule has 2 aromatic rings. The first-order valence-corrected chi connectivity index (χ1v) is 5.37. The Bertz CT molecular complexity index is 546. The Morgan fingerprint density at radius 2 is 2.31 bits per heavy atom. The number of imidazole rings is 1. The maximum atomic E-state index is 11.3.